The van der Waals surface area contributed by atoms with Gasteiger partial charge in [-0.05, 0) is 49.9 Å². The molecule has 0 unspecified atom stereocenters. The second-order valence-electron chi connectivity index (χ2n) is 9.47. The molecular weight excluding hydrogens is 393 g/mol. The molecule has 0 radical (unpaired) electrons. The van der Waals surface area contributed by atoms with Crippen LogP contribution in [-0.2, 0) is 11.2 Å². The first-order valence-corrected chi connectivity index (χ1v) is 10.9. The van der Waals surface area contributed by atoms with Crippen LogP contribution in [-0.4, -0.2) is 21.9 Å². The molecule has 4 rings (SSSR count). The van der Waals surface area contributed by atoms with Gasteiger partial charge in [-0.2, -0.15) is 8.78 Å². The molecule has 0 spiro atoms. The predicted molar refractivity (Wildman–Crippen MR) is 108 cm³/mol. The van der Waals surface area contributed by atoms with E-state index in [1.54, 1.807) is 0 Å². The Morgan fingerprint density at radius 3 is 2.60 bits per heavy atom. The first-order chi connectivity index (χ1) is 14.2. The summed E-state index contributed by atoms with van der Waals surface area (Å²) in [5.41, 5.74) is 0.742. The predicted octanol–water partition coefficient (Wildman–Crippen LogP) is 6.22. The van der Waals surface area contributed by atoms with Crippen molar-refractivity contribution in [2.45, 2.75) is 84.3 Å². The fourth-order valence-corrected chi connectivity index (χ4v) is 4.63. The van der Waals surface area contributed by atoms with Gasteiger partial charge < -0.3 is 9.30 Å². The van der Waals surface area contributed by atoms with Gasteiger partial charge in [-0.25, -0.2) is 9.37 Å². The molecule has 7 heteroatoms. The van der Waals surface area contributed by atoms with Crippen LogP contribution in [0.5, 0.6) is 5.75 Å². The Morgan fingerprint density at radius 2 is 2.00 bits per heavy atom. The second kappa shape index (κ2) is 8.23. The normalized spacial score (nSPS) is 17.5. The number of ether oxygens (including phenoxy) is 1. The monoisotopic (exact) mass is 422 g/mol. The van der Waals surface area contributed by atoms with E-state index in [1.807, 2.05) is 4.57 Å². The van der Waals surface area contributed by atoms with Crippen LogP contribution in [0.3, 0.4) is 0 Å². The SMILES string of the molecule is CC(C)(CC(=O)CCCc1nc2c(F)cc(OC(F)F)cc2n1C1CCC1)C1CC1. The van der Waals surface area contributed by atoms with Crippen molar-refractivity contribution in [2.75, 3.05) is 0 Å². The highest BCUT2D eigenvalue weighted by Crippen LogP contribution is 2.47. The van der Waals surface area contributed by atoms with Crippen LogP contribution in [0.1, 0.15) is 77.1 Å². The minimum Gasteiger partial charge on any atom is -0.435 e. The lowest BCUT2D eigenvalue weighted by molar-refractivity contribution is -0.121. The third-order valence-electron chi connectivity index (χ3n) is 6.65. The fraction of sp³-hybridized carbons (Fsp3) is 0.652. The maximum Gasteiger partial charge on any atom is 0.387 e. The number of hydrogen-bond donors (Lipinski definition) is 0. The molecule has 0 atom stereocenters. The van der Waals surface area contributed by atoms with Gasteiger partial charge in [-0.1, -0.05) is 13.8 Å². The van der Waals surface area contributed by atoms with Crippen LogP contribution < -0.4 is 4.74 Å². The molecule has 0 aliphatic heterocycles. The number of aromatic nitrogens is 2. The molecule has 1 aromatic heterocycles. The molecule has 1 heterocycles. The van der Waals surface area contributed by atoms with Crippen molar-refractivity contribution in [2.24, 2.45) is 11.3 Å². The summed E-state index contributed by atoms with van der Waals surface area (Å²) in [6, 6.07) is 2.60. The number of benzene rings is 1. The molecule has 4 nitrogen and oxygen atoms in total. The van der Waals surface area contributed by atoms with Gasteiger partial charge in [-0.15, -0.1) is 0 Å². The van der Waals surface area contributed by atoms with Gasteiger partial charge in [0.05, 0.1) is 5.52 Å². The zero-order valence-electron chi connectivity index (χ0n) is 17.6. The zero-order valence-corrected chi connectivity index (χ0v) is 17.6. The number of carbonyl (C=O) groups is 1. The van der Waals surface area contributed by atoms with Crippen LogP contribution >= 0.6 is 0 Å². The maximum absolute atomic E-state index is 14.5. The molecule has 2 aliphatic rings. The number of carbonyl (C=O) groups excluding carboxylic acids is 1. The van der Waals surface area contributed by atoms with E-state index >= 15 is 0 Å². The number of hydrogen-bond acceptors (Lipinski definition) is 3. The summed E-state index contributed by atoms with van der Waals surface area (Å²) in [6.07, 6.45) is 7.70. The first-order valence-electron chi connectivity index (χ1n) is 10.9. The Morgan fingerprint density at radius 1 is 1.27 bits per heavy atom. The van der Waals surface area contributed by atoms with Gasteiger partial charge in [0.15, 0.2) is 5.82 Å². The van der Waals surface area contributed by atoms with E-state index in [4.69, 9.17) is 0 Å². The van der Waals surface area contributed by atoms with Crippen LogP contribution in [0.2, 0.25) is 0 Å². The minimum absolute atomic E-state index is 0.0698. The van der Waals surface area contributed by atoms with Crippen molar-refractivity contribution >= 4 is 16.8 Å². The summed E-state index contributed by atoms with van der Waals surface area (Å²) in [4.78, 5) is 16.9. The molecule has 0 bridgehead atoms. The topological polar surface area (TPSA) is 44.1 Å². The quantitative estimate of drug-likeness (QED) is 0.457. The summed E-state index contributed by atoms with van der Waals surface area (Å²) >= 11 is 0. The molecule has 2 aliphatic carbocycles. The highest BCUT2D eigenvalue weighted by Gasteiger charge is 2.38. The van der Waals surface area contributed by atoms with Crippen molar-refractivity contribution < 1.29 is 22.7 Å². The summed E-state index contributed by atoms with van der Waals surface area (Å²) in [5, 5.41) is 0. The maximum atomic E-state index is 14.5. The van der Waals surface area contributed by atoms with E-state index < -0.39 is 12.4 Å². The molecule has 0 amide bonds. The number of aryl methyl sites for hydroxylation is 1. The lowest BCUT2D eigenvalue weighted by atomic mass is 9.81. The zero-order chi connectivity index (χ0) is 21.5. The molecule has 0 saturated heterocycles. The Kier molecular flexibility index (Phi) is 5.82. The van der Waals surface area contributed by atoms with E-state index in [-0.39, 0.29) is 28.5 Å². The molecule has 2 aromatic rings. The summed E-state index contributed by atoms with van der Waals surface area (Å²) in [7, 11) is 0. The van der Waals surface area contributed by atoms with Gasteiger partial charge in [0.1, 0.15) is 22.9 Å². The Bertz CT molecular complexity index is 930. The average molecular weight is 422 g/mol. The van der Waals surface area contributed by atoms with E-state index in [9.17, 15) is 18.0 Å². The van der Waals surface area contributed by atoms with E-state index in [0.29, 0.717) is 37.1 Å². The number of Topliss-reactive ketones (excluding diaryl/α,β-unsaturated/α-hetero) is 1. The largest absolute Gasteiger partial charge is 0.435 e. The summed E-state index contributed by atoms with van der Waals surface area (Å²) in [6.45, 7) is 1.33. The third kappa shape index (κ3) is 4.49. The van der Waals surface area contributed by atoms with Crippen molar-refractivity contribution in [3.8, 4) is 5.75 Å². The molecule has 1 aromatic carbocycles. The van der Waals surface area contributed by atoms with Gasteiger partial charge in [0.25, 0.3) is 0 Å². The van der Waals surface area contributed by atoms with Crippen molar-refractivity contribution in [3.63, 3.8) is 0 Å². The number of fused-ring (bicyclic) bond motifs is 1. The number of halogens is 3. The summed E-state index contributed by atoms with van der Waals surface area (Å²) < 4.78 is 46.1. The number of imidazole rings is 1. The Balaban J connectivity index is 1.50. The van der Waals surface area contributed by atoms with E-state index in [1.165, 1.54) is 18.9 Å². The number of nitrogens with zero attached hydrogens (tertiary/aromatic N) is 2. The highest BCUT2D eigenvalue weighted by atomic mass is 19.3. The standard InChI is InChI=1S/C23H29F3N2O2/c1-23(2,14-9-10-14)13-16(29)7-4-8-20-27-21-18(24)11-17(30-22(25)26)12-19(21)28(20)15-5-3-6-15/h11-12,14-15,22H,3-10,13H2,1-2H3. The Hall–Kier alpha value is -2.05. The number of ketones is 1. The van der Waals surface area contributed by atoms with Gasteiger partial charge in [0.2, 0.25) is 0 Å². The second-order valence-corrected chi connectivity index (χ2v) is 9.47. The lowest BCUT2D eigenvalue weighted by Crippen LogP contribution is -2.20. The highest BCUT2D eigenvalue weighted by molar-refractivity contribution is 5.80. The van der Waals surface area contributed by atoms with Crippen LogP contribution in [0.15, 0.2) is 12.1 Å². The van der Waals surface area contributed by atoms with Crippen molar-refractivity contribution in [1.29, 1.82) is 0 Å². The van der Waals surface area contributed by atoms with Crippen LogP contribution in [0.25, 0.3) is 11.0 Å². The van der Waals surface area contributed by atoms with Gasteiger partial charge in [-0.3, -0.25) is 4.79 Å². The van der Waals surface area contributed by atoms with Gasteiger partial charge in [0, 0.05) is 37.4 Å². The first kappa shape index (κ1) is 21.2. The smallest absolute Gasteiger partial charge is 0.387 e. The number of rotatable bonds is 10. The Labute approximate surface area is 174 Å². The van der Waals surface area contributed by atoms with E-state index in [2.05, 4.69) is 23.6 Å². The molecule has 2 saturated carbocycles. The number of alkyl halides is 2. The van der Waals surface area contributed by atoms with Crippen molar-refractivity contribution in [1.82, 2.24) is 9.55 Å². The van der Waals surface area contributed by atoms with Crippen LogP contribution in [0, 0.1) is 17.2 Å². The van der Waals surface area contributed by atoms with E-state index in [0.717, 1.165) is 31.2 Å². The fourth-order valence-electron chi connectivity index (χ4n) is 4.63. The molecule has 30 heavy (non-hydrogen) atoms. The van der Waals surface area contributed by atoms with Crippen molar-refractivity contribution in [3.05, 3.63) is 23.8 Å². The summed E-state index contributed by atoms with van der Waals surface area (Å²) in [5.74, 6) is 0.787. The lowest BCUT2D eigenvalue weighted by Gasteiger charge is -2.29. The molecule has 164 valence electrons. The molecular formula is C23H29F3N2O2. The molecule has 2 fully saturated rings. The average Bonchev–Trinajstić information content (AvgIpc) is 3.39. The van der Waals surface area contributed by atoms with Gasteiger partial charge >= 0.3 is 6.61 Å². The van der Waals surface area contributed by atoms with Crippen LogP contribution in [0.4, 0.5) is 13.2 Å². The minimum atomic E-state index is -3.01. The molecule has 0 N–H and O–H groups in total. The third-order valence-corrected chi connectivity index (χ3v) is 6.65.